The van der Waals surface area contributed by atoms with E-state index in [0.717, 1.165) is 4.70 Å². The molecule has 0 saturated heterocycles. The first-order valence-corrected chi connectivity index (χ1v) is 11.4. The summed E-state index contributed by atoms with van der Waals surface area (Å²) in [4.78, 5) is 30.1. The lowest BCUT2D eigenvalue weighted by Crippen LogP contribution is -2.44. The van der Waals surface area contributed by atoms with Gasteiger partial charge in [-0.1, -0.05) is 29.8 Å². The third-order valence-corrected chi connectivity index (χ3v) is 6.69. The smallest absolute Gasteiger partial charge is 0.287 e. The molecule has 4 aromatic rings. The van der Waals surface area contributed by atoms with Crippen LogP contribution in [0.3, 0.4) is 0 Å². The van der Waals surface area contributed by atoms with E-state index in [1.807, 2.05) is 18.2 Å². The predicted octanol–water partition coefficient (Wildman–Crippen LogP) is 2.91. The summed E-state index contributed by atoms with van der Waals surface area (Å²) in [5, 5.41) is 19.6. The maximum absolute atomic E-state index is 14.1. The Morgan fingerprint density at radius 3 is 2.85 bits per heavy atom. The number of nitrogens with one attached hydrogen (secondary N) is 3. The van der Waals surface area contributed by atoms with Gasteiger partial charge < -0.3 is 20.3 Å². The topological polar surface area (TPSA) is 121 Å². The zero-order valence-corrected chi connectivity index (χ0v) is 19.2. The van der Waals surface area contributed by atoms with Crippen LogP contribution in [0.25, 0.3) is 10.1 Å². The molecular formula is C22H18ClFN6O3S. The number of aromatic nitrogens is 3. The van der Waals surface area contributed by atoms with Crippen LogP contribution in [0, 0.1) is 5.82 Å². The van der Waals surface area contributed by atoms with Crippen molar-refractivity contribution in [3.05, 3.63) is 76.1 Å². The van der Waals surface area contributed by atoms with Gasteiger partial charge in [0.15, 0.2) is 5.82 Å². The van der Waals surface area contributed by atoms with E-state index in [1.165, 1.54) is 41.3 Å². The van der Waals surface area contributed by atoms with Crippen LogP contribution in [-0.4, -0.2) is 44.1 Å². The molecule has 3 heterocycles. The molecule has 0 bridgehead atoms. The van der Waals surface area contributed by atoms with Crippen LogP contribution in [0.2, 0.25) is 5.02 Å². The minimum Gasteiger partial charge on any atom is -0.377 e. The number of carbonyl (C=O) groups is 2. The van der Waals surface area contributed by atoms with E-state index in [4.69, 9.17) is 11.6 Å². The van der Waals surface area contributed by atoms with Gasteiger partial charge in [0.05, 0.1) is 23.0 Å². The molecule has 1 unspecified atom stereocenters. The average molecular weight is 501 g/mol. The highest BCUT2D eigenvalue weighted by molar-refractivity contribution is 7.13. The molecule has 0 fully saturated rings. The highest BCUT2D eigenvalue weighted by Crippen LogP contribution is 2.37. The lowest BCUT2D eigenvalue weighted by Gasteiger charge is -2.31. The van der Waals surface area contributed by atoms with E-state index in [0.29, 0.717) is 16.6 Å². The largest absolute Gasteiger partial charge is 0.377 e. The molecule has 0 radical (unpaired) electrons. The second kappa shape index (κ2) is 8.76. The van der Waals surface area contributed by atoms with Crippen LogP contribution in [0.5, 0.6) is 0 Å². The summed E-state index contributed by atoms with van der Waals surface area (Å²) in [5.41, 5.74) is 0.886. The van der Waals surface area contributed by atoms with Gasteiger partial charge in [0.2, 0.25) is 5.82 Å². The Bertz CT molecular complexity index is 1440. The van der Waals surface area contributed by atoms with Crippen molar-refractivity contribution in [3.63, 3.8) is 0 Å². The number of fused-ring (bicyclic) bond motifs is 2. The summed E-state index contributed by atoms with van der Waals surface area (Å²) in [7, 11) is 1.45. The first-order chi connectivity index (χ1) is 16.4. The number of amides is 2. The summed E-state index contributed by atoms with van der Waals surface area (Å²) in [5.74, 6) is -1.51. The molecule has 2 atom stereocenters. The predicted molar refractivity (Wildman–Crippen MR) is 126 cm³/mol. The third-order valence-electron chi connectivity index (χ3n) is 5.52. The highest BCUT2D eigenvalue weighted by atomic mass is 35.5. The summed E-state index contributed by atoms with van der Waals surface area (Å²) < 4.78 is 20.7. The molecule has 2 amide bonds. The molecular weight excluding hydrogens is 483 g/mol. The molecule has 0 aliphatic carbocycles. The summed E-state index contributed by atoms with van der Waals surface area (Å²) in [6, 6.07) is 10.3. The van der Waals surface area contributed by atoms with E-state index < -0.39 is 29.9 Å². The van der Waals surface area contributed by atoms with Crippen molar-refractivity contribution in [2.45, 2.75) is 18.8 Å². The van der Waals surface area contributed by atoms with Gasteiger partial charge in [0, 0.05) is 17.5 Å². The monoisotopic (exact) mass is 500 g/mol. The Morgan fingerprint density at radius 1 is 1.26 bits per heavy atom. The average Bonchev–Trinajstić information content (AvgIpc) is 3.41. The van der Waals surface area contributed by atoms with Crippen LogP contribution < -0.4 is 16.0 Å². The van der Waals surface area contributed by atoms with Crippen LogP contribution in [0.15, 0.2) is 42.5 Å². The molecule has 1 aliphatic heterocycles. The number of rotatable bonds is 4. The normalized spacial score (nSPS) is 17.4. The van der Waals surface area contributed by atoms with E-state index in [9.17, 15) is 19.1 Å². The first-order valence-electron chi connectivity index (χ1n) is 10.2. The number of halogens is 2. The van der Waals surface area contributed by atoms with E-state index in [-0.39, 0.29) is 28.9 Å². The van der Waals surface area contributed by atoms with E-state index >= 15 is 0 Å². The van der Waals surface area contributed by atoms with Gasteiger partial charge in [0.25, 0.3) is 11.8 Å². The minimum absolute atomic E-state index is 0.0194. The second-order valence-corrected chi connectivity index (χ2v) is 8.83. The molecule has 4 N–H and O–H groups in total. The summed E-state index contributed by atoms with van der Waals surface area (Å²) in [6.07, 6.45) is -1.08. The fourth-order valence-corrected chi connectivity index (χ4v) is 5.01. The molecule has 34 heavy (non-hydrogen) atoms. The van der Waals surface area contributed by atoms with Crippen LogP contribution in [-0.2, 0) is 6.54 Å². The first kappa shape index (κ1) is 22.4. The highest BCUT2D eigenvalue weighted by Gasteiger charge is 2.36. The number of aliphatic hydroxyl groups excluding tert-OH is 1. The summed E-state index contributed by atoms with van der Waals surface area (Å²) >= 11 is 7.54. The molecule has 0 spiro atoms. The Hall–Kier alpha value is -3.38. The van der Waals surface area contributed by atoms with E-state index in [1.54, 1.807) is 6.07 Å². The van der Waals surface area contributed by atoms with Gasteiger partial charge in [-0.25, -0.2) is 9.37 Å². The number of hydrogen-bond acceptors (Lipinski definition) is 7. The number of aliphatic hydroxyl groups is 1. The zero-order valence-electron chi connectivity index (χ0n) is 17.7. The Labute approximate surface area is 201 Å². The Balaban J connectivity index is 1.64. The van der Waals surface area contributed by atoms with Gasteiger partial charge in [-0.05, 0) is 41.4 Å². The van der Waals surface area contributed by atoms with Crippen molar-refractivity contribution in [2.24, 2.45) is 0 Å². The standard InChI is InChI=1S/C22H18ClFN6O3S/c1-25-22(33)20-27-19(28-21(32)17-11-4-2-3-5-14(11)34-29-17)18-16(26-15(31)9-30(18)20)12-8-10(24)6-7-13(12)23/h2-8,15-16,26,31H,9H2,1H3,(H,25,33)(H,28,32)/t15?,16-/m0/s1. The van der Waals surface area contributed by atoms with Crippen LogP contribution in [0.1, 0.15) is 38.4 Å². The maximum Gasteiger partial charge on any atom is 0.287 e. The van der Waals surface area contributed by atoms with Gasteiger partial charge >= 0.3 is 0 Å². The second-order valence-electron chi connectivity index (χ2n) is 7.62. The molecule has 2 aromatic carbocycles. The number of anilines is 1. The number of benzene rings is 2. The number of carbonyl (C=O) groups excluding carboxylic acids is 2. The fourth-order valence-electron chi connectivity index (χ4n) is 4.01. The van der Waals surface area contributed by atoms with Crippen molar-refractivity contribution in [2.75, 3.05) is 12.4 Å². The van der Waals surface area contributed by atoms with Crippen molar-refractivity contribution in [1.29, 1.82) is 0 Å². The number of imidazole rings is 1. The molecule has 0 saturated carbocycles. The Kier molecular flexibility index (Phi) is 5.78. The van der Waals surface area contributed by atoms with Gasteiger partial charge in [-0.15, -0.1) is 0 Å². The Morgan fingerprint density at radius 2 is 2.06 bits per heavy atom. The number of nitrogens with zero attached hydrogens (tertiary/aromatic N) is 3. The molecule has 1 aliphatic rings. The van der Waals surface area contributed by atoms with Crippen LogP contribution >= 0.6 is 23.1 Å². The van der Waals surface area contributed by atoms with Crippen LogP contribution in [0.4, 0.5) is 10.2 Å². The van der Waals surface area contributed by atoms with Crippen molar-refractivity contribution < 1.29 is 19.1 Å². The quantitative estimate of drug-likeness (QED) is 0.342. The fraction of sp³-hybridized carbons (Fsp3) is 0.182. The van der Waals surface area contributed by atoms with E-state index in [2.05, 4.69) is 25.3 Å². The lowest BCUT2D eigenvalue weighted by atomic mass is 10.0. The SMILES string of the molecule is CNC(=O)c1nc(NC(=O)c2nsc3ccccc23)c2n1CC(O)N[C@H]2c1cc(F)ccc1Cl. The van der Waals surface area contributed by atoms with Gasteiger partial charge in [0.1, 0.15) is 17.7 Å². The van der Waals surface area contributed by atoms with Gasteiger partial charge in [-0.3, -0.25) is 14.9 Å². The maximum atomic E-state index is 14.1. The molecule has 12 heteroatoms. The minimum atomic E-state index is -1.08. The molecule has 2 aromatic heterocycles. The molecule has 9 nitrogen and oxygen atoms in total. The van der Waals surface area contributed by atoms with Crippen molar-refractivity contribution >= 4 is 50.9 Å². The van der Waals surface area contributed by atoms with Crippen molar-refractivity contribution in [1.82, 2.24) is 24.6 Å². The van der Waals surface area contributed by atoms with Gasteiger partial charge in [-0.2, -0.15) is 4.37 Å². The molecule has 174 valence electrons. The zero-order chi connectivity index (χ0) is 24.0. The lowest BCUT2D eigenvalue weighted by molar-refractivity contribution is 0.0852. The summed E-state index contributed by atoms with van der Waals surface area (Å²) in [6.45, 7) is -0.0238. The molecule has 5 rings (SSSR count). The number of hydrogen-bond donors (Lipinski definition) is 4. The third kappa shape index (κ3) is 3.82. The van der Waals surface area contributed by atoms with Crippen molar-refractivity contribution in [3.8, 4) is 0 Å².